The van der Waals surface area contributed by atoms with Crippen LogP contribution >= 0.6 is 0 Å². The Labute approximate surface area is 353 Å². The summed E-state index contributed by atoms with van der Waals surface area (Å²) in [6.45, 7) is 6.55. The molecule has 0 unspecified atom stereocenters. The van der Waals surface area contributed by atoms with Crippen LogP contribution in [0.2, 0.25) is 0 Å². The van der Waals surface area contributed by atoms with E-state index in [2.05, 4.69) is 16.0 Å². The molecule has 0 saturated carbocycles. The number of alkyl carbamates (subject to hydrolysis) is 2. The van der Waals surface area contributed by atoms with Crippen LogP contribution in [0, 0.1) is 5.92 Å². The van der Waals surface area contributed by atoms with Crippen LogP contribution in [0.4, 0.5) is 9.59 Å². The maximum atomic E-state index is 13.3. The quantitative estimate of drug-likeness (QED) is 0.0706. The van der Waals surface area contributed by atoms with Crippen molar-refractivity contribution in [2.75, 3.05) is 19.8 Å². The van der Waals surface area contributed by atoms with Crippen molar-refractivity contribution in [3.63, 3.8) is 0 Å². The molecule has 3 N–H and O–H groups in total. The van der Waals surface area contributed by atoms with E-state index in [0.29, 0.717) is 38.6 Å². The van der Waals surface area contributed by atoms with E-state index in [1.165, 1.54) is 0 Å². The Morgan fingerprint density at radius 2 is 1.48 bits per heavy atom. The van der Waals surface area contributed by atoms with E-state index in [9.17, 15) is 19.2 Å². The summed E-state index contributed by atoms with van der Waals surface area (Å²) < 4.78 is 30.3. The van der Waals surface area contributed by atoms with Crippen LogP contribution in [0.5, 0.6) is 0 Å². The summed E-state index contributed by atoms with van der Waals surface area (Å²) in [4.78, 5) is 52.3. The fraction of sp³-hybridized carbons (Fsp3) is 0.458. The van der Waals surface area contributed by atoms with Crippen molar-refractivity contribution >= 4 is 34.8 Å². The van der Waals surface area contributed by atoms with E-state index in [4.69, 9.17) is 23.7 Å². The lowest BCUT2D eigenvalue weighted by molar-refractivity contribution is -0.329. The molecule has 2 aliphatic heterocycles. The summed E-state index contributed by atoms with van der Waals surface area (Å²) in [6, 6.07) is 33.3. The molecule has 2 saturated heterocycles. The monoisotopic (exact) mass is 821 g/mol. The lowest BCUT2D eigenvalue weighted by atomic mass is 9.90. The molecule has 0 aromatic heterocycles. The molecular weight excluding hydrogens is 763 g/mol. The molecule has 12 nitrogen and oxygen atoms in total. The molecule has 2 aliphatic rings. The Bertz CT molecular complexity index is 1970. The Kier molecular flexibility index (Phi) is 15.9. The number of esters is 1. The lowest BCUT2D eigenvalue weighted by Gasteiger charge is -2.47. The maximum Gasteiger partial charge on any atom is 0.407 e. The molecule has 60 heavy (non-hydrogen) atoms. The van der Waals surface area contributed by atoms with Gasteiger partial charge < -0.3 is 39.6 Å². The van der Waals surface area contributed by atoms with Gasteiger partial charge in [0, 0.05) is 44.7 Å². The van der Waals surface area contributed by atoms with Gasteiger partial charge in [0.15, 0.2) is 5.79 Å². The minimum atomic E-state index is -1.13. The second-order valence-electron chi connectivity index (χ2n) is 16.1. The SMILES string of the molecule is CCOC(=O)[C@H](CC(C)C)NC(=O)CC[C@@H]1C[C@@H](OC(=O)NCc2cccc3ccccc23)C[C@@]2(CCC[C@H](COC(=O)NCC(c3ccccc3)c3ccccc3)O2)O1. The molecule has 2 heterocycles. The summed E-state index contributed by atoms with van der Waals surface area (Å²) >= 11 is 0. The Morgan fingerprint density at radius 3 is 2.20 bits per heavy atom. The molecule has 0 aliphatic carbocycles. The van der Waals surface area contributed by atoms with Crippen LogP contribution in [0.15, 0.2) is 103 Å². The summed E-state index contributed by atoms with van der Waals surface area (Å²) in [5, 5.41) is 10.8. The summed E-state index contributed by atoms with van der Waals surface area (Å²) in [7, 11) is 0. The molecule has 0 radical (unpaired) electrons. The first kappa shape index (κ1) is 44.1. The van der Waals surface area contributed by atoms with Gasteiger partial charge in [-0.25, -0.2) is 14.4 Å². The highest BCUT2D eigenvalue weighted by atomic mass is 16.7. The molecule has 2 fully saturated rings. The van der Waals surface area contributed by atoms with Gasteiger partial charge in [0.25, 0.3) is 0 Å². The number of hydrogen-bond donors (Lipinski definition) is 3. The number of benzene rings is 4. The van der Waals surface area contributed by atoms with E-state index in [1.54, 1.807) is 6.92 Å². The van der Waals surface area contributed by atoms with Crippen molar-refractivity contribution in [1.29, 1.82) is 0 Å². The second kappa shape index (κ2) is 21.7. The molecule has 5 atom stereocenters. The van der Waals surface area contributed by atoms with Gasteiger partial charge in [0.2, 0.25) is 5.91 Å². The number of hydrogen-bond acceptors (Lipinski definition) is 9. The Hall–Kier alpha value is -5.46. The second-order valence-corrected chi connectivity index (χ2v) is 16.1. The number of amides is 3. The first-order valence-corrected chi connectivity index (χ1v) is 21.3. The third kappa shape index (κ3) is 12.8. The van der Waals surface area contributed by atoms with Gasteiger partial charge in [0.05, 0.1) is 18.8 Å². The van der Waals surface area contributed by atoms with Gasteiger partial charge in [-0.1, -0.05) is 117 Å². The smallest absolute Gasteiger partial charge is 0.407 e. The van der Waals surface area contributed by atoms with Crippen LogP contribution in [0.3, 0.4) is 0 Å². The normalized spacial score (nSPS) is 20.6. The van der Waals surface area contributed by atoms with E-state index in [-0.39, 0.29) is 50.3 Å². The highest BCUT2D eigenvalue weighted by molar-refractivity contribution is 5.86. The predicted molar refractivity (Wildman–Crippen MR) is 228 cm³/mol. The predicted octanol–water partition coefficient (Wildman–Crippen LogP) is 8.31. The molecule has 6 rings (SSSR count). The van der Waals surface area contributed by atoms with Crippen molar-refractivity contribution in [2.24, 2.45) is 5.92 Å². The number of carbonyl (C=O) groups is 4. The molecule has 4 aromatic carbocycles. The molecule has 4 aromatic rings. The number of nitrogens with one attached hydrogen (secondary N) is 3. The minimum absolute atomic E-state index is 0.00744. The molecule has 1 spiro atoms. The fourth-order valence-corrected chi connectivity index (χ4v) is 8.26. The highest BCUT2D eigenvalue weighted by Crippen LogP contribution is 2.41. The molecule has 320 valence electrons. The minimum Gasteiger partial charge on any atom is -0.464 e. The van der Waals surface area contributed by atoms with Crippen molar-refractivity contribution in [3.8, 4) is 0 Å². The topological polar surface area (TPSA) is 151 Å². The third-order valence-electron chi connectivity index (χ3n) is 11.0. The van der Waals surface area contributed by atoms with Gasteiger partial charge in [-0.3, -0.25) is 4.79 Å². The van der Waals surface area contributed by atoms with Crippen LogP contribution in [-0.4, -0.2) is 74.0 Å². The van der Waals surface area contributed by atoms with Crippen molar-refractivity contribution in [1.82, 2.24) is 16.0 Å². The van der Waals surface area contributed by atoms with Gasteiger partial charge in [-0.15, -0.1) is 0 Å². The van der Waals surface area contributed by atoms with E-state index < -0.39 is 48.3 Å². The summed E-state index contributed by atoms with van der Waals surface area (Å²) in [5.41, 5.74) is 3.13. The third-order valence-corrected chi connectivity index (χ3v) is 11.0. The number of ether oxygens (including phenoxy) is 5. The number of carbonyl (C=O) groups excluding carboxylic acids is 4. The highest BCUT2D eigenvalue weighted by Gasteiger charge is 2.47. The van der Waals surface area contributed by atoms with E-state index in [1.807, 2.05) is 117 Å². The zero-order chi connectivity index (χ0) is 42.3. The van der Waals surface area contributed by atoms with Crippen molar-refractivity contribution in [3.05, 3.63) is 120 Å². The van der Waals surface area contributed by atoms with Gasteiger partial charge >= 0.3 is 18.2 Å². The Balaban J connectivity index is 1.08. The zero-order valence-electron chi connectivity index (χ0n) is 34.9. The molecular formula is C48H59N3O9. The average Bonchev–Trinajstić information content (AvgIpc) is 3.24. The van der Waals surface area contributed by atoms with Gasteiger partial charge in [-0.05, 0) is 66.0 Å². The summed E-state index contributed by atoms with van der Waals surface area (Å²) in [5.74, 6) is -1.78. The van der Waals surface area contributed by atoms with Crippen LogP contribution in [0.1, 0.15) is 94.7 Å². The van der Waals surface area contributed by atoms with E-state index in [0.717, 1.165) is 33.9 Å². The van der Waals surface area contributed by atoms with Crippen LogP contribution < -0.4 is 16.0 Å². The van der Waals surface area contributed by atoms with Crippen molar-refractivity contribution < 1.29 is 42.9 Å². The first-order valence-electron chi connectivity index (χ1n) is 21.3. The standard InChI is InChI=1S/C48H59N3O9/c1-4-56-45(53)43(27-33(2)3)51-44(52)25-24-38-28-40(58-47(55)49-30-37-21-13-20-34-19-11-12-23-41(34)37)29-48(59-38)26-14-22-39(60-48)32-57-46(54)50-31-42(35-15-7-5-8-16-35)36-17-9-6-10-18-36/h5-13,15-21,23,33,38-40,42-43H,4,14,22,24-32H2,1-3H3,(H,49,55)(H,50,54)(H,51,52)/t38-,39-,40-,43+,48+/m1/s1. The number of fused-ring (bicyclic) bond motifs is 1. The first-order chi connectivity index (χ1) is 29.1. The molecule has 0 bridgehead atoms. The average molecular weight is 822 g/mol. The molecule has 12 heteroatoms. The fourth-order valence-electron chi connectivity index (χ4n) is 8.26. The maximum absolute atomic E-state index is 13.3. The Morgan fingerprint density at radius 1 is 0.800 bits per heavy atom. The van der Waals surface area contributed by atoms with Crippen molar-refractivity contribution in [2.45, 2.75) is 115 Å². The van der Waals surface area contributed by atoms with Crippen LogP contribution in [-0.2, 0) is 39.8 Å². The lowest BCUT2D eigenvalue weighted by Crippen LogP contribution is -2.54. The molecule has 3 amide bonds. The van der Waals surface area contributed by atoms with Crippen LogP contribution in [0.25, 0.3) is 10.8 Å². The summed E-state index contributed by atoms with van der Waals surface area (Å²) in [6.07, 6.45) is 0.699. The largest absolute Gasteiger partial charge is 0.464 e. The van der Waals surface area contributed by atoms with E-state index >= 15 is 0 Å². The van der Waals surface area contributed by atoms with Gasteiger partial charge in [-0.2, -0.15) is 0 Å². The zero-order valence-corrected chi connectivity index (χ0v) is 34.9. The number of rotatable bonds is 17. The van der Waals surface area contributed by atoms with Gasteiger partial charge in [0.1, 0.15) is 18.8 Å².